The molecule has 0 bridgehead atoms. The van der Waals surface area contributed by atoms with Gasteiger partial charge in [0.05, 0.1) is 11.1 Å². The second kappa shape index (κ2) is 7.53. The standard InChI is InChI=1S/C19H10F5NO2/c20-14-12(15(21)17(23)18(24)16(14)22)9-27-13(26)7-6-11-4-1-3-10-5-2-8-25-19(10)11/h1-8H,9H2. The van der Waals surface area contributed by atoms with Gasteiger partial charge in [0.2, 0.25) is 5.82 Å². The molecule has 0 N–H and O–H groups in total. The van der Waals surface area contributed by atoms with Crippen LogP contribution in [0.5, 0.6) is 0 Å². The first-order chi connectivity index (χ1) is 12.9. The number of nitrogens with zero attached hydrogens (tertiary/aromatic N) is 1. The van der Waals surface area contributed by atoms with E-state index in [1.807, 2.05) is 12.1 Å². The van der Waals surface area contributed by atoms with Gasteiger partial charge in [-0.05, 0) is 12.1 Å². The van der Waals surface area contributed by atoms with E-state index in [0.717, 1.165) is 11.5 Å². The molecule has 0 saturated carbocycles. The Morgan fingerprint density at radius 3 is 2.26 bits per heavy atom. The highest BCUT2D eigenvalue weighted by Crippen LogP contribution is 2.23. The van der Waals surface area contributed by atoms with Crippen molar-refractivity contribution in [1.29, 1.82) is 0 Å². The molecule has 0 aliphatic heterocycles. The maximum absolute atomic E-state index is 13.5. The molecule has 0 saturated heterocycles. The lowest BCUT2D eigenvalue weighted by atomic mass is 10.1. The molecule has 0 fully saturated rings. The summed E-state index contributed by atoms with van der Waals surface area (Å²) in [5.41, 5.74) is -0.0231. The molecule has 2 aromatic carbocycles. The van der Waals surface area contributed by atoms with Crippen LogP contribution in [-0.2, 0) is 16.1 Å². The van der Waals surface area contributed by atoms with Crippen LogP contribution in [0.15, 0.2) is 42.6 Å². The summed E-state index contributed by atoms with van der Waals surface area (Å²) in [5, 5.41) is 0.828. The third-order valence-corrected chi connectivity index (χ3v) is 3.72. The average Bonchev–Trinajstić information content (AvgIpc) is 2.69. The van der Waals surface area contributed by atoms with E-state index < -0.39 is 47.2 Å². The Morgan fingerprint density at radius 1 is 0.926 bits per heavy atom. The molecule has 138 valence electrons. The predicted molar refractivity (Wildman–Crippen MR) is 86.8 cm³/mol. The van der Waals surface area contributed by atoms with E-state index in [1.54, 1.807) is 24.4 Å². The van der Waals surface area contributed by atoms with Gasteiger partial charge >= 0.3 is 5.97 Å². The summed E-state index contributed by atoms with van der Waals surface area (Å²) >= 11 is 0. The Bertz CT molecular complexity index is 1030. The summed E-state index contributed by atoms with van der Waals surface area (Å²) in [6, 6.07) is 8.81. The van der Waals surface area contributed by atoms with Crippen LogP contribution < -0.4 is 0 Å². The number of halogens is 5. The van der Waals surface area contributed by atoms with Crippen molar-refractivity contribution < 1.29 is 31.5 Å². The summed E-state index contributed by atoms with van der Waals surface area (Å²) in [6.45, 7) is -1.11. The lowest BCUT2D eigenvalue weighted by molar-refractivity contribution is -0.139. The van der Waals surface area contributed by atoms with E-state index >= 15 is 0 Å². The number of aromatic nitrogens is 1. The average molecular weight is 379 g/mol. The van der Waals surface area contributed by atoms with Crippen LogP contribution in [0.1, 0.15) is 11.1 Å². The lowest BCUT2D eigenvalue weighted by Gasteiger charge is -2.08. The molecule has 27 heavy (non-hydrogen) atoms. The predicted octanol–water partition coefficient (Wildman–Crippen LogP) is 4.69. The Kier molecular flexibility index (Phi) is 5.16. The van der Waals surface area contributed by atoms with Gasteiger partial charge in [-0.1, -0.05) is 24.3 Å². The largest absolute Gasteiger partial charge is 0.457 e. The Labute approximate surface area is 149 Å². The van der Waals surface area contributed by atoms with Gasteiger partial charge in [-0.3, -0.25) is 4.98 Å². The zero-order chi connectivity index (χ0) is 19.6. The van der Waals surface area contributed by atoms with Crippen LogP contribution in [0.4, 0.5) is 22.0 Å². The number of ether oxygens (including phenoxy) is 1. The van der Waals surface area contributed by atoms with Crippen LogP contribution in [0.2, 0.25) is 0 Å². The number of carbonyl (C=O) groups excluding carboxylic acids is 1. The van der Waals surface area contributed by atoms with E-state index in [9.17, 15) is 26.7 Å². The lowest BCUT2D eigenvalue weighted by Crippen LogP contribution is -2.10. The highest BCUT2D eigenvalue weighted by atomic mass is 19.2. The number of pyridine rings is 1. The van der Waals surface area contributed by atoms with Crippen molar-refractivity contribution in [3.63, 3.8) is 0 Å². The molecular formula is C19H10F5NO2. The van der Waals surface area contributed by atoms with Crippen molar-refractivity contribution in [2.24, 2.45) is 0 Å². The van der Waals surface area contributed by atoms with Gasteiger partial charge in [0.15, 0.2) is 23.3 Å². The molecule has 0 unspecified atom stereocenters. The van der Waals surface area contributed by atoms with E-state index in [4.69, 9.17) is 0 Å². The number of carbonyl (C=O) groups is 1. The maximum atomic E-state index is 13.5. The molecule has 1 heterocycles. The fourth-order valence-electron chi connectivity index (χ4n) is 2.39. The monoisotopic (exact) mass is 379 g/mol. The molecule has 0 amide bonds. The van der Waals surface area contributed by atoms with Crippen LogP contribution >= 0.6 is 0 Å². The third-order valence-electron chi connectivity index (χ3n) is 3.72. The summed E-state index contributed by atoms with van der Waals surface area (Å²) in [5.74, 6) is -11.6. The topological polar surface area (TPSA) is 39.2 Å². The summed E-state index contributed by atoms with van der Waals surface area (Å²) in [7, 11) is 0. The number of hydrogen-bond acceptors (Lipinski definition) is 3. The van der Waals surface area contributed by atoms with E-state index in [1.165, 1.54) is 6.08 Å². The molecule has 3 nitrogen and oxygen atoms in total. The molecule has 1 aromatic heterocycles. The van der Waals surface area contributed by atoms with Gasteiger partial charge in [-0.25, -0.2) is 26.7 Å². The number of esters is 1. The normalized spacial score (nSPS) is 11.3. The molecule has 8 heteroatoms. The van der Waals surface area contributed by atoms with Crippen molar-refractivity contribution in [2.75, 3.05) is 0 Å². The second-order valence-electron chi connectivity index (χ2n) is 5.41. The van der Waals surface area contributed by atoms with E-state index in [-0.39, 0.29) is 0 Å². The van der Waals surface area contributed by atoms with Gasteiger partial charge in [0, 0.05) is 23.2 Å². The molecule has 0 radical (unpaired) electrons. The quantitative estimate of drug-likeness (QED) is 0.217. The van der Waals surface area contributed by atoms with Crippen molar-refractivity contribution >= 4 is 22.9 Å². The van der Waals surface area contributed by atoms with Crippen molar-refractivity contribution in [1.82, 2.24) is 4.98 Å². The highest BCUT2D eigenvalue weighted by Gasteiger charge is 2.26. The van der Waals surface area contributed by atoms with Crippen LogP contribution in [0.3, 0.4) is 0 Å². The van der Waals surface area contributed by atoms with Crippen molar-refractivity contribution in [3.05, 3.63) is 82.8 Å². The fraction of sp³-hybridized carbons (Fsp3) is 0.0526. The van der Waals surface area contributed by atoms with Gasteiger partial charge < -0.3 is 4.74 Å². The van der Waals surface area contributed by atoms with Gasteiger partial charge in [-0.15, -0.1) is 0 Å². The van der Waals surface area contributed by atoms with Crippen molar-refractivity contribution in [2.45, 2.75) is 6.61 Å². The zero-order valence-corrected chi connectivity index (χ0v) is 13.5. The molecule has 3 rings (SSSR count). The second-order valence-corrected chi connectivity index (χ2v) is 5.41. The first kappa shape index (κ1) is 18.5. The Balaban J connectivity index is 1.77. The minimum absolute atomic E-state index is 0.585. The molecule has 0 spiro atoms. The number of fused-ring (bicyclic) bond motifs is 1. The third kappa shape index (κ3) is 3.64. The van der Waals surface area contributed by atoms with E-state index in [0.29, 0.717) is 11.1 Å². The van der Waals surface area contributed by atoms with Crippen LogP contribution in [0.25, 0.3) is 17.0 Å². The number of hydrogen-bond donors (Lipinski definition) is 0. The number of para-hydroxylation sites is 1. The Hall–Kier alpha value is -3.29. The van der Waals surface area contributed by atoms with Gasteiger partial charge in [0.25, 0.3) is 0 Å². The number of benzene rings is 2. The van der Waals surface area contributed by atoms with Crippen LogP contribution in [0, 0.1) is 29.1 Å². The Morgan fingerprint density at radius 2 is 1.56 bits per heavy atom. The summed E-state index contributed by atoms with van der Waals surface area (Å²) in [6.07, 6.45) is 3.91. The summed E-state index contributed by atoms with van der Waals surface area (Å²) < 4.78 is 70.9. The molecule has 3 aromatic rings. The molecular weight excluding hydrogens is 369 g/mol. The minimum atomic E-state index is -2.27. The summed E-state index contributed by atoms with van der Waals surface area (Å²) in [4.78, 5) is 15.9. The fourth-order valence-corrected chi connectivity index (χ4v) is 2.39. The first-order valence-corrected chi connectivity index (χ1v) is 7.59. The van der Waals surface area contributed by atoms with Crippen molar-refractivity contribution in [3.8, 4) is 0 Å². The smallest absolute Gasteiger partial charge is 0.331 e. The van der Waals surface area contributed by atoms with E-state index in [2.05, 4.69) is 9.72 Å². The first-order valence-electron chi connectivity index (χ1n) is 7.59. The molecule has 0 atom stereocenters. The number of rotatable bonds is 4. The highest BCUT2D eigenvalue weighted by molar-refractivity contribution is 5.92. The minimum Gasteiger partial charge on any atom is -0.457 e. The molecule has 0 aliphatic carbocycles. The molecule has 0 aliphatic rings. The maximum Gasteiger partial charge on any atom is 0.331 e. The van der Waals surface area contributed by atoms with Gasteiger partial charge in [0.1, 0.15) is 6.61 Å². The van der Waals surface area contributed by atoms with Gasteiger partial charge in [-0.2, -0.15) is 0 Å². The van der Waals surface area contributed by atoms with Crippen LogP contribution in [-0.4, -0.2) is 11.0 Å². The zero-order valence-electron chi connectivity index (χ0n) is 13.5. The SMILES string of the molecule is O=C(C=Cc1cccc2cccnc12)OCc1c(F)c(F)c(F)c(F)c1F.